The first kappa shape index (κ1) is 9.24. The quantitative estimate of drug-likeness (QED) is 0.481. The zero-order valence-electron chi connectivity index (χ0n) is 7.93. The Bertz CT molecular complexity index is 294. The second-order valence-electron chi connectivity index (χ2n) is 3.65. The van der Waals surface area contributed by atoms with E-state index in [1.54, 1.807) is 0 Å². The van der Waals surface area contributed by atoms with Crippen molar-refractivity contribution in [2.45, 2.75) is 18.9 Å². The van der Waals surface area contributed by atoms with Gasteiger partial charge in [-0.15, -0.1) is 0 Å². The molecule has 76 valence electrons. The van der Waals surface area contributed by atoms with Crippen LogP contribution in [0.1, 0.15) is 12.8 Å². The van der Waals surface area contributed by atoms with E-state index in [0.717, 1.165) is 0 Å². The molecule has 0 aromatic rings. The summed E-state index contributed by atoms with van der Waals surface area (Å²) < 4.78 is 9.64. The molecule has 4 nitrogen and oxygen atoms in total. The molecule has 14 heavy (non-hydrogen) atoms. The molecule has 0 spiro atoms. The highest BCUT2D eigenvalue weighted by Crippen LogP contribution is 2.37. The highest BCUT2D eigenvalue weighted by atomic mass is 16.6. The van der Waals surface area contributed by atoms with E-state index in [4.69, 9.17) is 4.74 Å². The van der Waals surface area contributed by atoms with Crippen molar-refractivity contribution >= 4 is 11.9 Å². The molecule has 0 saturated carbocycles. The van der Waals surface area contributed by atoms with Crippen LogP contribution in [0, 0.1) is 11.8 Å². The Morgan fingerprint density at radius 1 is 1.64 bits per heavy atom. The predicted molar refractivity (Wildman–Crippen MR) is 47.3 cm³/mol. The lowest BCUT2D eigenvalue weighted by Crippen LogP contribution is -2.18. The van der Waals surface area contributed by atoms with Gasteiger partial charge in [0.1, 0.15) is 6.10 Å². The Balaban J connectivity index is 1.99. The number of hydrogen-bond acceptors (Lipinski definition) is 4. The van der Waals surface area contributed by atoms with Crippen LogP contribution in [0.15, 0.2) is 12.2 Å². The van der Waals surface area contributed by atoms with Gasteiger partial charge in [0, 0.05) is 5.92 Å². The molecule has 0 unspecified atom stereocenters. The van der Waals surface area contributed by atoms with Crippen molar-refractivity contribution in [1.29, 1.82) is 0 Å². The van der Waals surface area contributed by atoms with Crippen LogP contribution in [0.4, 0.5) is 0 Å². The Labute approximate surface area is 81.9 Å². The molecule has 2 rings (SSSR count). The van der Waals surface area contributed by atoms with Gasteiger partial charge in [-0.1, -0.05) is 6.08 Å². The third-order valence-electron chi connectivity index (χ3n) is 2.82. The number of rotatable bonds is 2. The van der Waals surface area contributed by atoms with Gasteiger partial charge in [0.2, 0.25) is 0 Å². The summed E-state index contributed by atoms with van der Waals surface area (Å²) in [4.78, 5) is 22.0. The van der Waals surface area contributed by atoms with Crippen LogP contribution in [0.5, 0.6) is 0 Å². The minimum Gasteiger partial charge on any atom is -0.469 e. The summed E-state index contributed by atoms with van der Waals surface area (Å²) in [6, 6.07) is 0. The Kier molecular flexibility index (Phi) is 2.27. The summed E-state index contributed by atoms with van der Waals surface area (Å²) >= 11 is 0. The number of fused-ring (bicyclic) bond motifs is 1. The zero-order valence-corrected chi connectivity index (χ0v) is 7.93. The first-order valence-corrected chi connectivity index (χ1v) is 4.65. The van der Waals surface area contributed by atoms with Gasteiger partial charge in [-0.25, -0.2) is 0 Å². The van der Waals surface area contributed by atoms with Gasteiger partial charge < -0.3 is 9.47 Å². The van der Waals surface area contributed by atoms with E-state index in [9.17, 15) is 9.59 Å². The number of ether oxygens (including phenoxy) is 2. The monoisotopic (exact) mass is 196 g/mol. The van der Waals surface area contributed by atoms with E-state index in [2.05, 4.69) is 4.74 Å². The highest BCUT2D eigenvalue weighted by Gasteiger charge is 2.41. The first-order valence-electron chi connectivity index (χ1n) is 4.65. The molecule has 0 bridgehead atoms. The summed E-state index contributed by atoms with van der Waals surface area (Å²) in [5, 5.41) is 0. The van der Waals surface area contributed by atoms with E-state index < -0.39 is 0 Å². The third-order valence-corrected chi connectivity index (χ3v) is 2.82. The van der Waals surface area contributed by atoms with E-state index >= 15 is 0 Å². The van der Waals surface area contributed by atoms with Gasteiger partial charge in [-0.05, 0) is 12.0 Å². The van der Waals surface area contributed by atoms with Crippen LogP contribution in [0.3, 0.4) is 0 Å². The van der Waals surface area contributed by atoms with Crippen LogP contribution >= 0.6 is 0 Å². The van der Waals surface area contributed by atoms with Gasteiger partial charge in [0.25, 0.3) is 0 Å². The lowest BCUT2D eigenvalue weighted by atomic mass is 9.90. The lowest BCUT2D eigenvalue weighted by Gasteiger charge is -2.14. The van der Waals surface area contributed by atoms with Crippen LogP contribution in [-0.2, 0) is 19.1 Å². The molecule has 2 aliphatic rings. The van der Waals surface area contributed by atoms with Crippen LogP contribution < -0.4 is 0 Å². The van der Waals surface area contributed by atoms with Gasteiger partial charge in [-0.2, -0.15) is 0 Å². The fraction of sp³-hybridized carbons (Fsp3) is 0.600. The predicted octanol–water partition coefficient (Wildman–Crippen LogP) is 0.667. The fourth-order valence-electron chi connectivity index (χ4n) is 2.06. The van der Waals surface area contributed by atoms with Crippen LogP contribution in [0.25, 0.3) is 0 Å². The fourth-order valence-corrected chi connectivity index (χ4v) is 2.06. The number of carbonyl (C=O) groups excluding carboxylic acids is 2. The second-order valence-corrected chi connectivity index (χ2v) is 3.65. The Morgan fingerprint density at radius 3 is 3.14 bits per heavy atom. The van der Waals surface area contributed by atoms with Crippen molar-refractivity contribution < 1.29 is 19.1 Å². The number of esters is 2. The maximum Gasteiger partial charge on any atom is 0.306 e. The van der Waals surface area contributed by atoms with Crippen molar-refractivity contribution in [3.8, 4) is 0 Å². The molecular weight excluding hydrogens is 184 g/mol. The minimum absolute atomic E-state index is 0.0962. The van der Waals surface area contributed by atoms with Crippen LogP contribution in [0.2, 0.25) is 0 Å². The topological polar surface area (TPSA) is 52.6 Å². The third kappa shape index (κ3) is 1.52. The van der Waals surface area contributed by atoms with Crippen molar-refractivity contribution in [2.75, 3.05) is 7.11 Å². The molecule has 1 aliphatic heterocycles. The molecule has 0 N–H and O–H groups in total. The number of methoxy groups -OCH3 is 1. The summed E-state index contributed by atoms with van der Waals surface area (Å²) in [6.45, 7) is 0. The van der Waals surface area contributed by atoms with E-state index in [-0.39, 0.29) is 29.9 Å². The number of hydrogen-bond donors (Lipinski definition) is 0. The molecule has 0 radical (unpaired) electrons. The smallest absolute Gasteiger partial charge is 0.306 e. The second kappa shape index (κ2) is 3.44. The minimum atomic E-state index is -0.236. The summed E-state index contributed by atoms with van der Waals surface area (Å²) in [5.41, 5.74) is 0. The standard InChI is InChI=1S/C10H12O4/c1-13-9(11)4-6-2-3-8-7(6)5-10(12)14-8/h2-3,6-8H,4-5H2,1H3/t6-,7-,8+/m1/s1. The Morgan fingerprint density at radius 2 is 2.43 bits per heavy atom. The van der Waals surface area contributed by atoms with E-state index in [1.165, 1.54) is 7.11 Å². The number of allylic oxidation sites excluding steroid dienone is 1. The van der Waals surface area contributed by atoms with Gasteiger partial charge >= 0.3 is 11.9 Å². The summed E-state index contributed by atoms with van der Waals surface area (Å²) in [5.74, 6) is -0.167. The molecule has 0 aromatic heterocycles. The van der Waals surface area contributed by atoms with Crippen molar-refractivity contribution in [1.82, 2.24) is 0 Å². The molecule has 1 saturated heterocycles. The maximum atomic E-state index is 11.1. The Hall–Kier alpha value is -1.32. The molecular formula is C10H12O4. The normalized spacial score (nSPS) is 34.1. The summed E-state index contributed by atoms with van der Waals surface area (Å²) in [7, 11) is 1.37. The van der Waals surface area contributed by atoms with Crippen molar-refractivity contribution in [2.24, 2.45) is 11.8 Å². The molecule has 0 amide bonds. The van der Waals surface area contributed by atoms with Crippen LogP contribution in [-0.4, -0.2) is 25.2 Å². The molecule has 4 heteroatoms. The molecule has 1 aliphatic carbocycles. The van der Waals surface area contributed by atoms with Gasteiger partial charge in [-0.3, -0.25) is 9.59 Å². The first-order chi connectivity index (χ1) is 6.70. The number of carbonyl (C=O) groups is 2. The molecule has 3 atom stereocenters. The van der Waals surface area contributed by atoms with E-state index in [1.807, 2.05) is 12.2 Å². The highest BCUT2D eigenvalue weighted by molar-refractivity contribution is 5.74. The molecule has 1 heterocycles. The molecule has 0 aromatic carbocycles. The summed E-state index contributed by atoms with van der Waals surface area (Å²) in [6.07, 6.45) is 4.45. The average Bonchev–Trinajstić information content (AvgIpc) is 2.67. The SMILES string of the molecule is COC(=O)C[C@H]1C=C[C@@H]2OC(=O)C[C@H]12. The lowest BCUT2D eigenvalue weighted by molar-refractivity contribution is -0.141. The van der Waals surface area contributed by atoms with Gasteiger partial charge in [0.15, 0.2) is 0 Å². The average molecular weight is 196 g/mol. The maximum absolute atomic E-state index is 11.1. The van der Waals surface area contributed by atoms with Crippen molar-refractivity contribution in [3.05, 3.63) is 12.2 Å². The molecule has 1 fully saturated rings. The van der Waals surface area contributed by atoms with Crippen molar-refractivity contribution in [3.63, 3.8) is 0 Å². The largest absolute Gasteiger partial charge is 0.469 e. The van der Waals surface area contributed by atoms with Gasteiger partial charge in [0.05, 0.1) is 20.0 Å². The van der Waals surface area contributed by atoms with E-state index in [0.29, 0.717) is 12.8 Å². The zero-order chi connectivity index (χ0) is 10.1.